The molecule has 4 aromatic rings. The van der Waals surface area contributed by atoms with Crippen LogP contribution in [-0.4, -0.2) is 31.6 Å². The Morgan fingerprint density at radius 2 is 1.38 bits per heavy atom. The maximum atomic E-state index is 12.9. The van der Waals surface area contributed by atoms with Gasteiger partial charge in [0, 0.05) is 17.4 Å². The van der Waals surface area contributed by atoms with Gasteiger partial charge in [-0.1, -0.05) is 60.7 Å². The van der Waals surface area contributed by atoms with Gasteiger partial charge in [-0.05, 0) is 29.8 Å². The van der Waals surface area contributed by atoms with Crippen LogP contribution in [0, 0.1) is 0 Å². The average molecular weight is 404 g/mol. The monoisotopic (exact) mass is 404 g/mol. The minimum Gasteiger partial charge on any atom is -0.497 e. The minimum atomic E-state index is -3.59. The number of hydrogen-bond acceptors (Lipinski definition) is 4. The second-order valence-corrected chi connectivity index (χ2v) is 8.57. The van der Waals surface area contributed by atoms with Crippen molar-refractivity contribution in [3.8, 4) is 33.8 Å². The molecule has 0 aliphatic heterocycles. The molecule has 146 valence electrons. The average Bonchev–Trinajstić information content (AvgIpc) is 3.16. The van der Waals surface area contributed by atoms with Crippen LogP contribution >= 0.6 is 0 Å². The topological polar surface area (TPSA) is 61.2 Å². The molecule has 0 aliphatic carbocycles. The van der Waals surface area contributed by atoms with Crippen LogP contribution in [0.25, 0.3) is 28.1 Å². The van der Waals surface area contributed by atoms with E-state index in [0.717, 1.165) is 11.1 Å². The molecular weight excluding hydrogens is 384 g/mol. The van der Waals surface area contributed by atoms with Gasteiger partial charge in [-0.3, -0.25) is 0 Å². The summed E-state index contributed by atoms with van der Waals surface area (Å²) in [6, 6.07) is 26.2. The molecule has 0 radical (unpaired) electrons. The van der Waals surface area contributed by atoms with E-state index in [0.29, 0.717) is 22.7 Å². The Kier molecular flexibility index (Phi) is 4.94. The highest BCUT2D eigenvalue weighted by Gasteiger charge is 2.28. The lowest BCUT2D eigenvalue weighted by molar-refractivity contribution is 0.415. The van der Waals surface area contributed by atoms with E-state index in [1.165, 1.54) is 10.9 Å². The lowest BCUT2D eigenvalue weighted by Gasteiger charge is -2.09. The van der Waals surface area contributed by atoms with Gasteiger partial charge < -0.3 is 4.74 Å². The van der Waals surface area contributed by atoms with Crippen LogP contribution in [0.15, 0.2) is 90.0 Å². The van der Waals surface area contributed by atoms with E-state index in [2.05, 4.69) is 0 Å². The Bertz CT molecular complexity index is 1230. The number of sulfone groups is 1. The van der Waals surface area contributed by atoms with E-state index < -0.39 is 9.84 Å². The van der Waals surface area contributed by atoms with Crippen molar-refractivity contribution >= 4 is 9.84 Å². The molecule has 6 heteroatoms. The van der Waals surface area contributed by atoms with Crippen LogP contribution in [0.2, 0.25) is 0 Å². The molecule has 0 N–H and O–H groups in total. The predicted octanol–water partition coefficient (Wildman–Crippen LogP) is 4.62. The van der Waals surface area contributed by atoms with E-state index >= 15 is 0 Å². The Morgan fingerprint density at radius 1 is 0.793 bits per heavy atom. The first kappa shape index (κ1) is 19.0. The number of aromatic nitrogens is 2. The summed E-state index contributed by atoms with van der Waals surface area (Å²) in [6.45, 7) is 0. The first-order valence-electron chi connectivity index (χ1n) is 9.07. The van der Waals surface area contributed by atoms with Crippen molar-refractivity contribution in [2.24, 2.45) is 0 Å². The summed E-state index contributed by atoms with van der Waals surface area (Å²) in [5.74, 6) is 0.700. The van der Waals surface area contributed by atoms with Gasteiger partial charge in [0.05, 0.1) is 12.8 Å². The largest absolute Gasteiger partial charge is 0.497 e. The fraction of sp³-hybridized carbons (Fsp3) is 0.0870. The van der Waals surface area contributed by atoms with E-state index in [9.17, 15) is 8.42 Å². The zero-order chi connectivity index (χ0) is 20.4. The first-order chi connectivity index (χ1) is 14.0. The zero-order valence-electron chi connectivity index (χ0n) is 16.1. The number of para-hydroxylation sites is 1. The van der Waals surface area contributed by atoms with Crippen molar-refractivity contribution in [2.45, 2.75) is 5.03 Å². The lowest BCUT2D eigenvalue weighted by atomic mass is 10.0. The van der Waals surface area contributed by atoms with Gasteiger partial charge in [-0.2, -0.15) is 5.10 Å². The third kappa shape index (κ3) is 3.67. The van der Waals surface area contributed by atoms with Gasteiger partial charge in [-0.25, -0.2) is 13.1 Å². The number of benzene rings is 3. The molecule has 5 nitrogen and oxygen atoms in total. The summed E-state index contributed by atoms with van der Waals surface area (Å²) in [5, 5.41) is 4.90. The molecule has 0 amide bonds. The maximum Gasteiger partial charge on any atom is 0.193 e. The SMILES string of the molecule is COc1ccc(-c2c(-c3ccccc3)nn(-c3ccccc3)c2S(C)(=O)=O)cc1. The van der Waals surface area contributed by atoms with Crippen molar-refractivity contribution in [1.29, 1.82) is 0 Å². The second-order valence-electron chi connectivity index (χ2n) is 6.64. The van der Waals surface area contributed by atoms with E-state index in [1.54, 1.807) is 7.11 Å². The Hall–Kier alpha value is -3.38. The zero-order valence-corrected chi connectivity index (χ0v) is 16.9. The van der Waals surface area contributed by atoms with Crippen molar-refractivity contribution in [3.05, 3.63) is 84.9 Å². The summed E-state index contributed by atoms with van der Waals surface area (Å²) >= 11 is 0. The van der Waals surface area contributed by atoms with Crippen LogP contribution in [0.1, 0.15) is 0 Å². The van der Waals surface area contributed by atoms with Crippen molar-refractivity contribution in [3.63, 3.8) is 0 Å². The molecule has 29 heavy (non-hydrogen) atoms. The quantitative estimate of drug-likeness (QED) is 0.487. The third-order valence-electron chi connectivity index (χ3n) is 4.62. The Balaban J connectivity index is 2.09. The number of ether oxygens (including phenoxy) is 1. The molecular formula is C23H20N2O3S. The predicted molar refractivity (Wildman–Crippen MR) is 114 cm³/mol. The van der Waals surface area contributed by atoms with Gasteiger partial charge in [0.15, 0.2) is 14.9 Å². The molecule has 3 aromatic carbocycles. The molecule has 0 aliphatic rings. The first-order valence-corrected chi connectivity index (χ1v) is 11.0. The minimum absolute atomic E-state index is 0.160. The summed E-state index contributed by atoms with van der Waals surface area (Å²) in [6.07, 6.45) is 1.21. The number of nitrogens with zero attached hydrogens (tertiary/aromatic N) is 2. The summed E-state index contributed by atoms with van der Waals surface area (Å²) in [7, 11) is -2.00. The molecule has 1 heterocycles. The summed E-state index contributed by atoms with van der Waals surface area (Å²) in [4.78, 5) is 0. The molecule has 4 rings (SSSR count). The highest BCUT2D eigenvalue weighted by Crippen LogP contribution is 2.38. The highest BCUT2D eigenvalue weighted by molar-refractivity contribution is 7.90. The molecule has 0 saturated carbocycles. The van der Waals surface area contributed by atoms with Crippen molar-refractivity contribution < 1.29 is 13.2 Å². The van der Waals surface area contributed by atoms with Crippen LogP contribution in [-0.2, 0) is 9.84 Å². The normalized spacial score (nSPS) is 11.4. The van der Waals surface area contributed by atoms with Crippen LogP contribution in [0.4, 0.5) is 0 Å². The number of hydrogen-bond donors (Lipinski definition) is 0. The summed E-state index contributed by atoms with van der Waals surface area (Å²) < 4.78 is 32.6. The van der Waals surface area contributed by atoms with Gasteiger partial charge in [-0.15, -0.1) is 0 Å². The van der Waals surface area contributed by atoms with Gasteiger partial charge in [0.25, 0.3) is 0 Å². The van der Waals surface area contributed by atoms with E-state index in [-0.39, 0.29) is 5.03 Å². The standard InChI is InChI=1S/C23H20N2O3S/c1-28-20-15-13-17(14-16-20)21-22(18-9-5-3-6-10-18)24-25(23(21)29(2,26)27)19-11-7-4-8-12-19/h3-16H,1-2H3. The third-order valence-corrected chi connectivity index (χ3v) is 5.70. The summed E-state index contributed by atoms with van der Waals surface area (Å²) in [5.41, 5.74) is 3.47. The fourth-order valence-corrected chi connectivity index (χ4v) is 4.35. The van der Waals surface area contributed by atoms with Crippen LogP contribution in [0.3, 0.4) is 0 Å². The Morgan fingerprint density at radius 3 is 1.93 bits per heavy atom. The molecule has 0 spiro atoms. The molecule has 1 aromatic heterocycles. The molecule has 0 atom stereocenters. The molecule has 0 unspecified atom stereocenters. The molecule has 0 fully saturated rings. The smallest absolute Gasteiger partial charge is 0.193 e. The number of methoxy groups -OCH3 is 1. The highest BCUT2D eigenvalue weighted by atomic mass is 32.2. The fourth-order valence-electron chi connectivity index (χ4n) is 3.31. The Labute approximate surface area is 170 Å². The van der Waals surface area contributed by atoms with E-state index in [4.69, 9.17) is 9.84 Å². The van der Waals surface area contributed by atoms with Crippen LogP contribution in [0.5, 0.6) is 5.75 Å². The van der Waals surface area contributed by atoms with Gasteiger partial charge in [0.1, 0.15) is 11.4 Å². The van der Waals surface area contributed by atoms with Crippen molar-refractivity contribution in [1.82, 2.24) is 9.78 Å². The second kappa shape index (κ2) is 7.56. The lowest BCUT2D eigenvalue weighted by Crippen LogP contribution is -2.08. The van der Waals surface area contributed by atoms with E-state index in [1.807, 2.05) is 84.9 Å². The number of rotatable bonds is 5. The van der Waals surface area contributed by atoms with Gasteiger partial charge >= 0.3 is 0 Å². The molecule has 0 bridgehead atoms. The van der Waals surface area contributed by atoms with Gasteiger partial charge in [0.2, 0.25) is 0 Å². The molecule has 0 saturated heterocycles. The maximum absolute atomic E-state index is 12.9. The van der Waals surface area contributed by atoms with Crippen molar-refractivity contribution in [2.75, 3.05) is 13.4 Å². The van der Waals surface area contributed by atoms with Crippen LogP contribution < -0.4 is 4.74 Å².